The van der Waals surface area contributed by atoms with Crippen molar-refractivity contribution in [1.82, 2.24) is 14.5 Å². The summed E-state index contributed by atoms with van der Waals surface area (Å²) in [7, 11) is 0. The van der Waals surface area contributed by atoms with E-state index < -0.39 is 0 Å². The average Bonchev–Trinajstić information content (AvgIpc) is 3.55. The van der Waals surface area contributed by atoms with Crippen molar-refractivity contribution < 1.29 is 9.84 Å². The van der Waals surface area contributed by atoms with Gasteiger partial charge in [0.15, 0.2) is 11.5 Å². The van der Waals surface area contributed by atoms with Crippen LogP contribution in [0.2, 0.25) is 0 Å². The van der Waals surface area contributed by atoms with Gasteiger partial charge >= 0.3 is 0 Å². The number of hydrogen-bond acceptors (Lipinski definition) is 4. The fourth-order valence-electron chi connectivity index (χ4n) is 8.59. The van der Waals surface area contributed by atoms with E-state index in [1.54, 1.807) is 0 Å². The molecule has 0 radical (unpaired) electrons. The topological polar surface area (TPSA) is 60.2 Å². The third-order valence-corrected chi connectivity index (χ3v) is 11.2. The lowest BCUT2D eigenvalue weighted by atomic mass is 9.84. The van der Waals surface area contributed by atoms with Gasteiger partial charge in [0.1, 0.15) is 5.75 Å². The van der Waals surface area contributed by atoms with E-state index in [1.165, 1.54) is 5.56 Å². The molecule has 0 saturated carbocycles. The Balaban J connectivity index is 1.20. The molecule has 0 atom stereocenters. The van der Waals surface area contributed by atoms with Crippen LogP contribution in [0.15, 0.2) is 152 Å². The van der Waals surface area contributed by atoms with E-state index in [0.717, 1.165) is 105 Å². The number of pyridine rings is 2. The maximum Gasteiger partial charge on any atom is 0.152 e. The van der Waals surface area contributed by atoms with Gasteiger partial charge in [0, 0.05) is 44.9 Å². The normalized spacial score (nSPS) is 12.5. The Hall–Kier alpha value is -6.98. The molecular formula is C50H35N3O2. The summed E-state index contributed by atoms with van der Waals surface area (Å²) in [6.45, 7) is 6.72. The first-order valence-electron chi connectivity index (χ1n) is 18.7. The quantitative estimate of drug-likeness (QED) is 0.186. The number of aromatic nitrogens is 3. The predicted octanol–water partition coefficient (Wildman–Crippen LogP) is 13.1. The number of nitrogens with zero attached hydrogens (tertiary/aromatic N) is 3. The molecule has 1 aliphatic heterocycles. The maximum absolute atomic E-state index is 12.2. The summed E-state index contributed by atoms with van der Waals surface area (Å²) in [6, 6.07) is 50.4. The number of phenols is 1. The van der Waals surface area contributed by atoms with Crippen molar-refractivity contribution in [3.8, 4) is 56.6 Å². The second-order valence-electron chi connectivity index (χ2n) is 15.6. The van der Waals surface area contributed by atoms with Crippen LogP contribution in [-0.2, 0) is 5.41 Å². The lowest BCUT2D eigenvalue weighted by molar-refractivity contribution is 0.475. The SMILES string of the molecule is CC(C)(C)c1cc(-c2cc(-c3ccccc3)ccn2)cc(-c2ccc3c4ccccc4c4c(c(O)cc5c4c4cccc6c4n5-c4ccccc4O6)c3n2)c1. The molecule has 0 unspecified atom stereocenters. The van der Waals surface area contributed by atoms with Gasteiger partial charge < -0.3 is 14.4 Å². The summed E-state index contributed by atoms with van der Waals surface area (Å²) in [5, 5.41) is 19.2. The van der Waals surface area contributed by atoms with Crippen molar-refractivity contribution >= 4 is 54.3 Å². The van der Waals surface area contributed by atoms with Crippen molar-refractivity contribution in [3.05, 3.63) is 157 Å². The summed E-state index contributed by atoms with van der Waals surface area (Å²) in [6.07, 6.45) is 1.89. The lowest BCUT2D eigenvalue weighted by Gasteiger charge is -2.22. The number of aromatic hydroxyl groups is 1. The number of benzene rings is 7. The smallest absolute Gasteiger partial charge is 0.152 e. The molecule has 0 amide bonds. The minimum Gasteiger partial charge on any atom is -0.507 e. The molecule has 11 rings (SSSR count). The fourth-order valence-corrected chi connectivity index (χ4v) is 8.59. The Morgan fingerprint density at radius 1 is 0.545 bits per heavy atom. The van der Waals surface area contributed by atoms with Crippen molar-refractivity contribution in [1.29, 1.82) is 0 Å². The van der Waals surface area contributed by atoms with Crippen LogP contribution in [0, 0.1) is 0 Å². The van der Waals surface area contributed by atoms with Gasteiger partial charge in [-0.25, -0.2) is 4.98 Å². The third kappa shape index (κ3) is 4.72. The fraction of sp³-hybridized carbons (Fsp3) is 0.0800. The molecule has 0 spiro atoms. The van der Waals surface area contributed by atoms with Gasteiger partial charge in [0.2, 0.25) is 0 Å². The molecule has 55 heavy (non-hydrogen) atoms. The van der Waals surface area contributed by atoms with Gasteiger partial charge in [-0.1, -0.05) is 99.6 Å². The van der Waals surface area contributed by atoms with Crippen LogP contribution >= 0.6 is 0 Å². The molecule has 5 heteroatoms. The van der Waals surface area contributed by atoms with Crippen molar-refractivity contribution in [2.75, 3.05) is 0 Å². The largest absolute Gasteiger partial charge is 0.507 e. The summed E-state index contributed by atoms with van der Waals surface area (Å²) in [5.74, 6) is 1.77. The highest BCUT2D eigenvalue weighted by Gasteiger charge is 2.27. The van der Waals surface area contributed by atoms with E-state index in [0.29, 0.717) is 0 Å². The van der Waals surface area contributed by atoms with Gasteiger partial charge in [0.05, 0.1) is 39.0 Å². The Morgan fingerprint density at radius 2 is 1.27 bits per heavy atom. The highest BCUT2D eigenvalue weighted by atomic mass is 16.5. The molecule has 0 aliphatic carbocycles. The molecule has 4 heterocycles. The van der Waals surface area contributed by atoms with Crippen molar-refractivity contribution in [3.63, 3.8) is 0 Å². The van der Waals surface area contributed by atoms with Crippen LogP contribution in [0.25, 0.3) is 93.6 Å². The maximum atomic E-state index is 12.2. The van der Waals surface area contributed by atoms with Crippen LogP contribution in [-0.4, -0.2) is 19.6 Å². The summed E-state index contributed by atoms with van der Waals surface area (Å²) in [4.78, 5) is 10.3. The molecule has 5 nitrogen and oxygen atoms in total. The van der Waals surface area contributed by atoms with Crippen LogP contribution < -0.4 is 4.74 Å². The average molecular weight is 710 g/mol. The molecule has 10 aromatic rings. The molecule has 7 aromatic carbocycles. The number of ether oxygens (including phenoxy) is 1. The number of rotatable bonds is 3. The molecule has 0 saturated heterocycles. The van der Waals surface area contributed by atoms with Crippen molar-refractivity contribution in [2.45, 2.75) is 26.2 Å². The number of para-hydroxylation sites is 3. The van der Waals surface area contributed by atoms with Gasteiger partial charge in [-0.2, -0.15) is 0 Å². The third-order valence-electron chi connectivity index (χ3n) is 11.2. The minimum absolute atomic E-state index is 0.121. The second-order valence-corrected chi connectivity index (χ2v) is 15.6. The van der Waals surface area contributed by atoms with Gasteiger partial charge in [0.25, 0.3) is 0 Å². The van der Waals surface area contributed by atoms with E-state index >= 15 is 0 Å². The summed E-state index contributed by atoms with van der Waals surface area (Å²) < 4.78 is 8.68. The second kappa shape index (κ2) is 11.5. The molecular weight excluding hydrogens is 675 g/mol. The first-order chi connectivity index (χ1) is 26.8. The molecule has 262 valence electrons. The molecule has 1 N–H and O–H groups in total. The van der Waals surface area contributed by atoms with E-state index in [-0.39, 0.29) is 11.2 Å². The standard InChI is InChI=1S/C50H35N3O2/c1-50(2,3)33-25-31(24-32(26-33)39-27-30(22-23-51-39)29-12-5-4-6-13-29)38-21-20-36-34-14-7-8-15-35(34)46-45-37-16-11-19-44-49(37)53(40-17-9-10-18-43(40)55-44)41(45)28-42(54)47(46)48(36)52-38/h4-28,54H,1-3H3. The predicted molar refractivity (Wildman–Crippen MR) is 226 cm³/mol. The summed E-state index contributed by atoms with van der Waals surface area (Å²) in [5.41, 5.74) is 10.8. The Morgan fingerprint density at radius 3 is 2.11 bits per heavy atom. The minimum atomic E-state index is -0.121. The van der Waals surface area contributed by atoms with Gasteiger partial charge in [-0.15, -0.1) is 0 Å². The highest BCUT2D eigenvalue weighted by molar-refractivity contribution is 6.36. The van der Waals surface area contributed by atoms with E-state index in [9.17, 15) is 5.11 Å². The Kier molecular flexibility index (Phi) is 6.60. The lowest BCUT2D eigenvalue weighted by Crippen LogP contribution is -2.11. The number of phenolic OH excluding ortho intramolecular Hbond substituents is 1. The van der Waals surface area contributed by atoms with E-state index in [4.69, 9.17) is 14.7 Å². The zero-order valence-electron chi connectivity index (χ0n) is 30.6. The van der Waals surface area contributed by atoms with Crippen molar-refractivity contribution in [2.24, 2.45) is 0 Å². The molecule has 0 bridgehead atoms. The first-order valence-corrected chi connectivity index (χ1v) is 18.7. The van der Waals surface area contributed by atoms with Crippen LogP contribution in [0.3, 0.4) is 0 Å². The van der Waals surface area contributed by atoms with E-state index in [2.05, 4.69) is 135 Å². The number of fused-ring (bicyclic) bond motifs is 12. The van der Waals surface area contributed by atoms with Crippen LogP contribution in [0.4, 0.5) is 0 Å². The number of hydrogen-bond donors (Lipinski definition) is 1. The summed E-state index contributed by atoms with van der Waals surface area (Å²) >= 11 is 0. The van der Waals surface area contributed by atoms with Gasteiger partial charge in [-0.3, -0.25) is 4.98 Å². The molecule has 1 aliphatic rings. The Labute approximate surface area is 317 Å². The zero-order valence-corrected chi connectivity index (χ0v) is 30.6. The highest BCUT2D eigenvalue weighted by Crippen LogP contribution is 2.51. The molecule has 0 fully saturated rings. The van der Waals surface area contributed by atoms with Crippen LogP contribution in [0.1, 0.15) is 26.3 Å². The molecule has 3 aromatic heterocycles. The first kappa shape index (κ1) is 31.5. The monoisotopic (exact) mass is 709 g/mol. The van der Waals surface area contributed by atoms with Crippen LogP contribution in [0.5, 0.6) is 17.2 Å². The van der Waals surface area contributed by atoms with E-state index in [1.807, 2.05) is 42.6 Å². The van der Waals surface area contributed by atoms with Gasteiger partial charge in [-0.05, 0) is 93.5 Å². The Bertz CT molecular complexity index is 3230. The zero-order chi connectivity index (χ0) is 37.0.